The normalized spacial score (nSPS) is 13.7. The number of carboxylic acids is 1. The van der Waals surface area contributed by atoms with Crippen molar-refractivity contribution in [2.24, 2.45) is 5.73 Å². The molecular weight excluding hydrogens is 356 g/mol. The number of phenols is 1. The third kappa shape index (κ3) is 7.74. The van der Waals surface area contributed by atoms with Crippen LogP contribution in [0.3, 0.4) is 0 Å². The van der Waals surface area contributed by atoms with E-state index in [1.807, 2.05) is 0 Å². The number of amides is 3. The van der Waals surface area contributed by atoms with E-state index >= 15 is 0 Å². The number of nitrogens with one attached hydrogen (secondary N) is 3. The molecule has 10 nitrogen and oxygen atoms in total. The number of hydrogen-bond donors (Lipinski definition) is 6. The van der Waals surface area contributed by atoms with Crippen LogP contribution in [0.15, 0.2) is 24.3 Å². The Morgan fingerprint density at radius 1 is 1.04 bits per heavy atom. The molecule has 10 heteroatoms. The minimum atomic E-state index is -1.20. The lowest BCUT2D eigenvalue weighted by atomic mass is 10.0. The number of carboxylic acid groups (broad SMARTS) is 1. The van der Waals surface area contributed by atoms with Gasteiger partial charge in [-0.3, -0.25) is 19.2 Å². The van der Waals surface area contributed by atoms with Gasteiger partial charge in [-0.05, 0) is 31.5 Å². The fourth-order valence-corrected chi connectivity index (χ4v) is 2.03. The van der Waals surface area contributed by atoms with Crippen molar-refractivity contribution in [2.45, 2.75) is 38.4 Å². The number of carbonyl (C=O) groups excluding carboxylic acids is 3. The molecule has 0 spiro atoms. The minimum absolute atomic E-state index is 0.0589. The van der Waals surface area contributed by atoms with Gasteiger partial charge in [0.15, 0.2) is 0 Å². The summed E-state index contributed by atoms with van der Waals surface area (Å²) >= 11 is 0. The van der Waals surface area contributed by atoms with Crippen LogP contribution in [0.25, 0.3) is 0 Å². The van der Waals surface area contributed by atoms with Crippen LogP contribution in [0.5, 0.6) is 5.75 Å². The number of rotatable bonds is 9. The zero-order valence-corrected chi connectivity index (χ0v) is 15.1. The van der Waals surface area contributed by atoms with Gasteiger partial charge in [0.2, 0.25) is 17.7 Å². The van der Waals surface area contributed by atoms with Crippen molar-refractivity contribution in [3.63, 3.8) is 0 Å². The lowest BCUT2D eigenvalue weighted by Gasteiger charge is -2.20. The van der Waals surface area contributed by atoms with Crippen LogP contribution in [-0.2, 0) is 25.6 Å². The first-order valence-electron chi connectivity index (χ1n) is 8.24. The highest BCUT2D eigenvalue weighted by Crippen LogP contribution is 2.11. The molecule has 3 atom stereocenters. The van der Waals surface area contributed by atoms with Gasteiger partial charge >= 0.3 is 5.97 Å². The summed E-state index contributed by atoms with van der Waals surface area (Å²) in [5, 5.41) is 25.1. The lowest BCUT2D eigenvalue weighted by Crippen LogP contribution is -2.53. The van der Waals surface area contributed by atoms with Gasteiger partial charge in [0.25, 0.3) is 0 Å². The fourth-order valence-electron chi connectivity index (χ4n) is 2.03. The van der Waals surface area contributed by atoms with Crippen molar-refractivity contribution in [1.29, 1.82) is 0 Å². The van der Waals surface area contributed by atoms with Crippen LogP contribution in [0.1, 0.15) is 19.4 Å². The second-order valence-electron chi connectivity index (χ2n) is 6.07. The summed E-state index contributed by atoms with van der Waals surface area (Å²) in [5.41, 5.74) is 6.17. The van der Waals surface area contributed by atoms with E-state index in [9.17, 15) is 24.3 Å². The van der Waals surface area contributed by atoms with Crippen molar-refractivity contribution >= 4 is 23.7 Å². The monoisotopic (exact) mass is 380 g/mol. The van der Waals surface area contributed by atoms with E-state index in [4.69, 9.17) is 10.8 Å². The van der Waals surface area contributed by atoms with Gasteiger partial charge in [-0.25, -0.2) is 0 Å². The molecule has 0 heterocycles. The summed E-state index contributed by atoms with van der Waals surface area (Å²) in [6, 6.07) is 3.14. The molecule has 3 amide bonds. The zero-order valence-electron chi connectivity index (χ0n) is 15.1. The molecule has 0 radical (unpaired) electrons. The predicted molar refractivity (Wildman–Crippen MR) is 95.6 cm³/mol. The van der Waals surface area contributed by atoms with Crippen LogP contribution < -0.4 is 21.7 Å². The summed E-state index contributed by atoms with van der Waals surface area (Å²) in [6.07, 6.45) is 0.109. The molecule has 0 aliphatic rings. The number of aliphatic carboxylic acids is 1. The Hall–Kier alpha value is -3.14. The molecule has 0 saturated carbocycles. The van der Waals surface area contributed by atoms with E-state index in [1.54, 1.807) is 12.1 Å². The highest BCUT2D eigenvalue weighted by Gasteiger charge is 2.23. The van der Waals surface area contributed by atoms with Gasteiger partial charge in [-0.1, -0.05) is 12.1 Å². The Labute approximate surface area is 156 Å². The van der Waals surface area contributed by atoms with Gasteiger partial charge < -0.3 is 31.9 Å². The van der Waals surface area contributed by atoms with Crippen molar-refractivity contribution < 1.29 is 29.4 Å². The van der Waals surface area contributed by atoms with E-state index in [0.29, 0.717) is 5.56 Å². The SMILES string of the molecule is CC(N)C(=O)NC(Cc1ccc(O)cc1)C(=O)NCC(=O)NC(C)C(=O)O. The number of nitrogens with two attached hydrogens (primary N) is 1. The Morgan fingerprint density at radius 2 is 1.63 bits per heavy atom. The standard InChI is InChI=1S/C17H24N4O6/c1-9(18)15(24)21-13(7-11-3-5-12(22)6-4-11)16(25)19-8-14(23)20-10(2)17(26)27/h3-6,9-10,13,22H,7-8,18H2,1-2H3,(H,19,25)(H,20,23)(H,21,24)(H,26,27). The molecule has 1 aromatic rings. The molecule has 1 rings (SSSR count). The maximum Gasteiger partial charge on any atom is 0.325 e. The maximum absolute atomic E-state index is 12.4. The molecular formula is C17H24N4O6. The van der Waals surface area contributed by atoms with E-state index in [-0.39, 0.29) is 12.2 Å². The summed E-state index contributed by atoms with van der Waals surface area (Å²) in [7, 11) is 0. The van der Waals surface area contributed by atoms with Crippen molar-refractivity contribution in [1.82, 2.24) is 16.0 Å². The highest BCUT2D eigenvalue weighted by atomic mass is 16.4. The first-order valence-corrected chi connectivity index (χ1v) is 8.24. The molecule has 148 valence electrons. The van der Waals surface area contributed by atoms with E-state index in [0.717, 1.165) is 0 Å². The third-order valence-electron chi connectivity index (χ3n) is 3.59. The maximum atomic E-state index is 12.4. The molecule has 0 fully saturated rings. The first kappa shape index (κ1) is 21.9. The summed E-state index contributed by atoms with van der Waals surface area (Å²) in [5.74, 6) is -3.00. The summed E-state index contributed by atoms with van der Waals surface area (Å²) in [6.45, 7) is 2.31. The molecule has 3 unspecified atom stereocenters. The highest BCUT2D eigenvalue weighted by molar-refractivity contribution is 5.92. The van der Waals surface area contributed by atoms with Crippen molar-refractivity contribution in [3.05, 3.63) is 29.8 Å². The number of aromatic hydroxyl groups is 1. The van der Waals surface area contributed by atoms with Gasteiger partial charge in [0.1, 0.15) is 17.8 Å². The van der Waals surface area contributed by atoms with Crippen molar-refractivity contribution in [3.8, 4) is 5.75 Å². The topological polar surface area (TPSA) is 171 Å². The van der Waals surface area contributed by atoms with Crippen LogP contribution in [0, 0.1) is 0 Å². The average molecular weight is 380 g/mol. The molecule has 1 aromatic carbocycles. The molecule has 7 N–H and O–H groups in total. The van der Waals surface area contributed by atoms with Gasteiger partial charge in [-0.2, -0.15) is 0 Å². The molecule has 0 bridgehead atoms. The molecule has 0 aromatic heterocycles. The number of benzene rings is 1. The quantitative estimate of drug-likeness (QED) is 0.302. The van der Waals surface area contributed by atoms with Crippen molar-refractivity contribution in [2.75, 3.05) is 6.54 Å². The van der Waals surface area contributed by atoms with Crippen LogP contribution in [-0.4, -0.2) is 58.6 Å². The predicted octanol–water partition coefficient (Wildman–Crippen LogP) is -1.53. The average Bonchev–Trinajstić information content (AvgIpc) is 2.60. The summed E-state index contributed by atoms with van der Waals surface area (Å²) in [4.78, 5) is 46.6. The molecule has 0 saturated heterocycles. The van der Waals surface area contributed by atoms with Gasteiger partial charge in [0, 0.05) is 6.42 Å². The fraction of sp³-hybridized carbons (Fsp3) is 0.412. The van der Waals surface area contributed by atoms with E-state index < -0.39 is 48.4 Å². The molecule has 27 heavy (non-hydrogen) atoms. The Kier molecular flexibility index (Phi) is 8.21. The van der Waals surface area contributed by atoms with Gasteiger partial charge in [0.05, 0.1) is 12.6 Å². The minimum Gasteiger partial charge on any atom is -0.508 e. The van der Waals surface area contributed by atoms with Crippen LogP contribution >= 0.6 is 0 Å². The van der Waals surface area contributed by atoms with E-state index in [1.165, 1.54) is 26.0 Å². The lowest BCUT2D eigenvalue weighted by molar-refractivity contribution is -0.141. The smallest absolute Gasteiger partial charge is 0.325 e. The molecule has 0 aliphatic heterocycles. The second-order valence-corrected chi connectivity index (χ2v) is 6.07. The molecule has 0 aliphatic carbocycles. The summed E-state index contributed by atoms with van der Waals surface area (Å²) < 4.78 is 0. The second kappa shape index (κ2) is 10.1. The van der Waals surface area contributed by atoms with E-state index in [2.05, 4.69) is 16.0 Å². The first-order chi connectivity index (χ1) is 12.6. The Bertz CT molecular complexity index is 689. The van der Waals surface area contributed by atoms with Crippen LogP contribution in [0.2, 0.25) is 0 Å². The number of carbonyl (C=O) groups is 4. The van der Waals surface area contributed by atoms with Gasteiger partial charge in [-0.15, -0.1) is 0 Å². The van der Waals surface area contributed by atoms with Crippen LogP contribution in [0.4, 0.5) is 0 Å². The Balaban J connectivity index is 2.74. The largest absolute Gasteiger partial charge is 0.508 e. The number of phenolic OH excluding ortho intramolecular Hbond substituents is 1. The Morgan fingerprint density at radius 3 is 2.15 bits per heavy atom. The zero-order chi connectivity index (χ0) is 20.6. The number of hydrogen-bond acceptors (Lipinski definition) is 6. The third-order valence-corrected chi connectivity index (χ3v) is 3.59.